The van der Waals surface area contributed by atoms with Gasteiger partial charge in [0.2, 0.25) is 5.91 Å². The molecule has 0 saturated carbocycles. The van der Waals surface area contributed by atoms with Crippen LogP contribution in [0.25, 0.3) is 0 Å². The van der Waals surface area contributed by atoms with E-state index in [0.717, 1.165) is 19.3 Å². The van der Waals surface area contributed by atoms with Gasteiger partial charge in [0.1, 0.15) is 11.6 Å². The maximum absolute atomic E-state index is 12.3. The molecular formula is C16H32N2O4. The van der Waals surface area contributed by atoms with Gasteiger partial charge in [-0.25, -0.2) is 4.79 Å². The number of amides is 2. The van der Waals surface area contributed by atoms with E-state index < -0.39 is 17.7 Å². The maximum atomic E-state index is 12.3. The Morgan fingerprint density at radius 2 is 1.82 bits per heavy atom. The van der Waals surface area contributed by atoms with Crippen LogP contribution in [-0.4, -0.2) is 43.9 Å². The van der Waals surface area contributed by atoms with Crippen molar-refractivity contribution < 1.29 is 19.1 Å². The van der Waals surface area contributed by atoms with Crippen LogP contribution in [0, 0.1) is 5.92 Å². The zero-order valence-electron chi connectivity index (χ0n) is 14.8. The molecule has 6 heteroatoms. The molecule has 0 heterocycles. The second kappa shape index (κ2) is 10.4. The summed E-state index contributed by atoms with van der Waals surface area (Å²) in [6.07, 6.45) is 1.97. The van der Waals surface area contributed by atoms with E-state index in [-0.39, 0.29) is 11.8 Å². The lowest BCUT2D eigenvalue weighted by Crippen LogP contribution is -2.51. The van der Waals surface area contributed by atoms with Gasteiger partial charge in [0.15, 0.2) is 0 Å². The zero-order valence-corrected chi connectivity index (χ0v) is 14.8. The van der Waals surface area contributed by atoms with Crippen molar-refractivity contribution in [3.63, 3.8) is 0 Å². The average Bonchev–Trinajstić information content (AvgIpc) is 2.41. The monoisotopic (exact) mass is 316 g/mol. The number of alkyl carbamates (subject to hydrolysis) is 1. The Hall–Kier alpha value is -1.30. The second-order valence-electron chi connectivity index (χ2n) is 6.50. The molecule has 0 saturated heterocycles. The van der Waals surface area contributed by atoms with Crippen LogP contribution >= 0.6 is 0 Å². The van der Waals surface area contributed by atoms with Crippen molar-refractivity contribution in [1.29, 1.82) is 0 Å². The van der Waals surface area contributed by atoms with E-state index in [2.05, 4.69) is 10.6 Å². The first-order valence-corrected chi connectivity index (χ1v) is 7.97. The topological polar surface area (TPSA) is 76.7 Å². The van der Waals surface area contributed by atoms with Gasteiger partial charge in [0.05, 0.1) is 0 Å². The first-order valence-electron chi connectivity index (χ1n) is 7.97. The Bertz CT molecular complexity index is 340. The quantitative estimate of drug-likeness (QED) is 0.641. The van der Waals surface area contributed by atoms with Crippen molar-refractivity contribution in [2.75, 3.05) is 20.3 Å². The molecule has 0 spiro atoms. The fourth-order valence-corrected chi connectivity index (χ4v) is 1.83. The Labute approximate surface area is 134 Å². The van der Waals surface area contributed by atoms with Crippen LogP contribution in [0.5, 0.6) is 0 Å². The zero-order chi connectivity index (χ0) is 17.2. The molecule has 0 aliphatic heterocycles. The minimum atomic E-state index is -0.583. The number of hydrogen-bond acceptors (Lipinski definition) is 4. The maximum Gasteiger partial charge on any atom is 0.408 e. The van der Waals surface area contributed by atoms with Gasteiger partial charge in [0.25, 0.3) is 0 Å². The fourth-order valence-electron chi connectivity index (χ4n) is 1.83. The summed E-state index contributed by atoms with van der Waals surface area (Å²) < 4.78 is 10.2. The number of unbranched alkanes of at least 4 members (excludes halogenated alkanes) is 1. The molecule has 0 radical (unpaired) electrons. The van der Waals surface area contributed by atoms with Crippen molar-refractivity contribution >= 4 is 12.0 Å². The van der Waals surface area contributed by atoms with Crippen molar-refractivity contribution in [2.45, 2.75) is 65.5 Å². The Morgan fingerprint density at radius 1 is 1.18 bits per heavy atom. The van der Waals surface area contributed by atoms with E-state index in [1.807, 2.05) is 13.8 Å². The number of hydrogen-bond donors (Lipinski definition) is 2. The lowest BCUT2D eigenvalue weighted by molar-refractivity contribution is -0.124. The van der Waals surface area contributed by atoms with Crippen LogP contribution in [0.3, 0.4) is 0 Å². The molecular weight excluding hydrogens is 284 g/mol. The third-order valence-corrected chi connectivity index (χ3v) is 3.24. The molecule has 0 fully saturated rings. The Morgan fingerprint density at radius 3 is 2.32 bits per heavy atom. The summed E-state index contributed by atoms with van der Waals surface area (Å²) >= 11 is 0. The minimum absolute atomic E-state index is 0.0338. The van der Waals surface area contributed by atoms with E-state index in [1.54, 1.807) is 27.9 Å². The molecule has 2 N–H and O–H groups in total. The van der Waals surface area contributed by atoms with E-state index in [0.29, 0.717) is 13.2 Å². The number of carbonyl (C=O) groups excluding carboxylic acids is 2. The normalized spacial score (nSPS) is 14.1. The highest BCUT2D eigenvalue weighted by atomic mass is 16.6. The molecule has 2 amide bonds. The Kier molecular flexibility index (Phi) is 9.81. The summed E-state index contributed by atoms with van der Waals surface area (Å²) in [5.41, 5.74) is -0.583. The molecule has 2 unspecified atom stereocenters. The van der Waals surface area contributed by atoms with Gasteiger partial charge in [-0.15, -0.1) is 0 Å². The van der Waals surface area contributed by atoms with Gasteiger partial charge in [-0.05, 0) is 39.5 Å². The first-order chi connectivity index (χ1) is 10.2. The number of carbonyl (C=O) groups is 2. The van der Waals surface area contributed by atoms with E-state index in [1.165, 1.54) is 0 Å². The van der Waals surface area contributed by atoms with Gasteiger partial charge in [-0.2, -0.15) is 0 Å². The van der Waals surface area contributed by atoms with Gasteiger partial charge in [0, 0.05) is 20.3 Å². The average molecular weight is 316 g/mol. The van der Waals surface area contributed by atoms with Crippen LogP contribution in [0.1, 0.15) is 53.9 Å². The summed E-state index contributed by atoms with van der Waals surface area (Å²) in [5, 5.41) is 5.54. The summed E-state index contributed by atoms with van der Waals surface area (Å²) in [5.74, 6) is -0.135. The SMILES string of the molecule is CCC(C)C(NC(=O)OC(C)(C)C)C(=O)NCCCCOC. The second-order valence-corrected chi connectivity index (χ2v) is 6.50. The number of ether oxygens (including phenoxy) is 2. The molecule has 0 aromatic carbocycles. The number of nitrogens with one attached hydrogen (secondary N) is 2. The van der Waals surface area contributed by atoms with Crippen LogP contribution in [0.15, 0.2) is 0 Å². The molecule has 0 aliphatic carbocycles. The van der Waals surface area contributed by atoms with Crippen LogP contribution in [0.4, 0.5) is 4.79 Å². The summed E-state index contributed by atoms with van der Waals surface area (Å²) in [4.78, 5) is 24.1. The highest BCUT2D eigenvalue weighted by Gasteiger charge is 2.27. The van der Waals surface area contributed by atoms with Crippen LogP contribution < -0.4 is 10.6 Å². The molecule has 0 aromatic heterocycles. The van der Waals surface area contributed by atoms with E-state index in [4.69, 9.17) is 9.47 Å². The molecule has 0 aromatic rings. The Balaban J connectivity index is 4.44. The first kappa shape index (κ1) is 20.7. The van der Waals surface area contributed by atoms with Gasteiger partial charge in [-0.3, -0.25) is 4.79 Å². The standard InChI is InChI=1S/C16H32N2O4/c1-7-12(2)13(18-15(20)22-16(3,4)5)14(19)17-10-8-9-11-21-6/h12-13H,7-11H2,1-6H3,(H,17,19)(H,18,20). The summed E-state index contributed by atoms with van der Waals surface area (Å²) in [7, 11) is 1.66. The summed E-state index contributed by atoms with van der Waals surface area (Å²) in [6, 6.07) is -0.581. The highest BCUT2D eigenvalue weighted by Crippen LogP contribution is 2.11. The lowest BCUT2D eigenvalue weighted by atomic mass is 9.98. The third kappa shape index (κ3) is 9.60. The largest absolute Gasteiger partial charge is 0.444 e. The molecule has 22 heavy (non-hydrogen) atoms. The molecule has 0 bridgehead atoms. The van der Waals surface area contributed by atoms with Gasteiger partial charge < -0.3 is 20.1 Å². The summed E-state index contributed by atoms with van der Waals surface area (Å²) in [6.45, 7) is 10.6. The van der Waals surface area contributed by atoms with Crippen molar-refractivity contribution in [3.8, 4) is 0 Å². The van der Waals surface area contributed by atoms with Crippen molar-refractivity contribution in [2.24, 2.45) is 5.92 Å². The third-order valence-electron chi connectivity index (χ3n) is 3.24. The number of rotatable bonds is 9. The van der Waals surface area contributed by atoms with Crippen LogP contribution in [-0.2, 0) is 14.3 Å². The highest BCUT2D eigenvalue weighted by molar-refractivity contribution is 5.85. The molecule has 130 valence electrons. The predicted molar refractivity (Wildman–Crippen MR) is 86.7 cm³/mol. The lowest BCUT2D eigenvalue weighted by Gasteiger charge is -2.26. The number of methoxy groups -OCH3 is 1. The molecule has 2 atom stereocenters. The molecule has 0 aliphatic rings. The van der Waals surface area contributed by atoms with Gasteiger partial charge >= 0.3 is 6.09 Å². The van der Waals surface area contributed by atoms with Gasteiger partial charge in [-0.1, -0.05) is 20.3 Å². The minimum Gasteiger partial charge on any atom is -0.444 e. The van der Waals surface area contributed by atoms with Crippen molar-refractivity contribution in [3.05, 3.63) is 0 Å². The van der Waals surface area contributed by atoms with Crippen LogP contribution in [0.2, 0.25) is 0 Å². The smallest absolute Gasteiger partial charge is 0.408 e. The van der Waals surface area contributed by atoms with E-state index >= 15 is 0 Å². The van der Waals surface area contributed by atoms with E-state index in [9.17, 15) is 9.59 Å². The molecule has 6 nitrogen and oxygen atoms in total. The predicted octanol–water partition coefficient (Wildman–Crippen LogP) is 2.47. The fraction of sp³-hybridized carbons (Fsp3) is 0.875. The van der Waals surface area contributed by atoms with Crippen molar-refractivity contribution in [1.82, 2.24) is 10.6 Å². The molecule has 0 rings (SSSR count).